The molecule has 0 aliphatic rings. The van der Waals surface area contributed by atoms with E-state index >= 15 is 0 Å². The van der Waals surface area contributed by atoms with Crippen LogP contribution in [0.1, 0.15) is 32.1 Å². The standard InChI is InChI=1S/C19H12Cl3N3O2/c1-10-13(3-2-6-23-10)18(26)17-16(8-12(20)9-24-17)25-19(27)11-4-5-14(21)15(22)7-11/h2-9H,1H3,(H,25,27). The molecule has 3 rings (SSSR count). The highest BCUT2D eigenvalue weighted by Gasteiger charge is 2.20. The Labute approximate surface area is 170 Å². The van der Waals surface area contributed by atoms with Crippen LogP contribution in [-0.2, 0) is 0 Å². The number of pyridine rings is 2. The first kappa shape index (κ1) is 19.3. The van der Waals surface area contributed by atoms with Crippen LogP contribution in [0.15, 0.2) is 48.8 Å². The molecule has 136 valence electrons. The summed E-state index contributed by atoms with van der Waals surface area (Å²) in [6, 6.07) is 9.23. The zero-order valence-electron chi connectivity index (χ0n) is 14.0. The Morgan fingerprint density at radius 2 is 1.78 bits per heavy atom. The summed E-state index contributed by atoms with van der Waals surface area (Å²) in [5, 5.41) is 3.51. The van der Waals surface area contributed by atoms with Gasteiger partial charge in [0.05, 0.1) is 20.8 Å². The first-order valence-corrected chi connectivity index (χ1v) is 8.88. The number of amides is 1. The normalized spacial score (nSPS) is 10.5. The summed E-state index contributed by atoms with van der Waals surface area (Å²) in [6.45, 7) is 1.72. The van der Waals surface area contributed by atoms with Gasteiger partial charge in [0.25, 0.3) is 5.91 Å². The maximum atomic E-state index is 12.9. The van der Waals surface area contributed by atoms with Crippen LogP contribution in [0.3, 0.4) is 0 Å². The molecule has 0 atom stereocenters. The van der Waals surface area contributed by atoms with E-state index in [-0.39, 0.29) is 32.8 Å². The summed E-state index contributed by atoms with van der Waals surface area (Å²) in [5.41, 5.74) is 1.47. The summed E-state index contributed by atoms with van der Waals surface area (Å²) >= 11 is 17.8. The smallest absolute Gasteiger partial charge is 0.255 e. The van der Waals surface area contributed by atoms with Crippen molar-refractivity contribution in [2.75, 3.05) is 5.32 Å². The quantitative estimate of drug-likeness (QED) is 0.587. The topological polar surface area (TPSA) is 72.0 Å². The Kier molecular flexibility index (Phi) is 5.75. The van der Waals surface area contributed by atoms with Crippen molar-refractivity contribution in [1.29, 1.82) is 0 Å². The molecule has 0 bridgehead atoms. The highest BCUT2D eigenvalue weighted by Crippen LogP contribution is 2.25. The molecule has 1 N–H and O–H groups in total. The van der Waals surface area contributed by atoms with Gasteiger partial charge < -0.3 is 5.32 Å². The second kappa shape index (κ2) is 8.05. The van der Waals surface area contributed by atoms with Crippen molar-refractivity contribution in [3.05, 3.63) is 86.4 Å². The summed E-state index contributed by atoms with van der Waals surface area (Å²) < 4.78 is 0. The van der Waals surface area contributed by atoms with E-state index in [1.54, 1.807) is 25.3 Å². The van der Waals surface area contributed by atoms with Crippen molar-refractivity contribution in [3.8, 4) is 0 Å². The number of hydrogen-bond acceptors (Lipinski definition) is 4. The van der Waals surface area contributed by atoms with Gasteiger partial charge in [0, 0.05) is 29.2 Å². The van der Waals surface area contributed by atoms with Gasteiger partial charge in [0.15, 0.2) is 0 Å². The molecule has 1 aromatic carbocycles. The van der Waals surface area contributed by atoms with E-state index in [1.165, 1.54) is 30.5 Å². The minimum atomic E-state index is -0.477. The van der Waals surface area contributed by atoms with Crippen LogP contribution in [0.2, 0.25) is 15.1 Å². The second-order valence-electron chi connectivity index (χ2n) is 5.60. The van der Waals surface area contributed by atoms with E-state index in [2.05, 4.69) is 15.3 Å². The van der Waals surface area contributed by atoms with Gasteiger partial charge in [-0.1, -0.05) is 34.8 Å². The molecule has 2 heterocycles. The van der Waals surface area contributed by atoms with Gasteiger partial charge in [-0.05, 0) is 43.3 Å². The Morgan fingerprint density at radius 3 is 2.48 bits per heavy atom. The van der Waals surface area contributed by atoms with E-state index in [1.807, 2.05) is 0 Å². The van der Waals surface area contributed by atoms with Gasteiger partial charge in [0.1, 0.15) is 5.69 Å². The molecule has 0 aliphatic carbocycles. The molecular formula is C19H12Cl3N3O2. The maximum Gasteiger partial charge on any atom is 0.255 e. The van der Waals surface area contributed by atoms with Crippen molar-refractivity contribution in [2.45, 2.75) is 6.92 Å². The van der Waals surface area contributed by atoms with Crippen molar-refractivity contribution in [2.24, 2.45) is 0 Å². The summed E-state index contributed by atoms with van der Waals surface area (Å²) in [7, 11) is 0. The number of benzene rings is 1. The van der Waals surface area contributed by atoms with Crippen molar-refractivity contribution >= 4 is 52.2 Å². The monoisotopic (exact) mass is 419 g/mol. The zero-order chi connectivity index (χ0) is 19.6. The first-order valence-electron chi connectivity index (χ1n) is 7.75. The third kappa shape index (κ3) is 4.27. The molecule has 8 heteroatoms. The number of carbonyl (C=O) groups is 2. The SMILES string of the molecule is Cc1ncccc1C(=O)c1ncc(Cl)cc1NC(=O)c1ccc(Cl)c(Cl)c1. The number of aromatic nitrogens is 2. The number of ketones is 1. The molecule has 0 saturated carbocycles. The third-order valence-electron chi connectivity index (χ3n) is 3.75. The molecule has 1 amide bonds. The van der Waals surface area contributed by atoms with E-state index in [0.717, 1.165) is 0 Å². The lowest BCUT2D eigenvalue weighted by molar-refractivity contribution is 0.102. The van der Waals surface area contributed by atoms with Crippen LogP contribution in [0, 0.1) is 6.92 Å². The number of hydrogen-bond donors (Lipinski definition) is 1. The van der Waals surface area contributed by atoms with Gasteiger partial charge in [-0.3, -0.25) is 14.6 Å². The van der Waals surface area contributed by atoms with Gasteiger partial charge in [-0.2, -0.15) is 0 Å². The lowest BCUT2D eigenvalue weighted by Crippen LogP contribution is -2.17. The zero-order valence-corrected chi connectivity index (χ0v) is 16.2. The predicted molar refractivity (Wildman–Crippen MR) is 106 cm³/mol. The Balaban J connectivity index is 1.97. The molecule has 3 aromatic rings. The average Bonchev–Trinajstić information content (AvgIpc) is 2.64. The molecule has 0 unspecified atom stereocenters. The predicted octanol–water partition coefficient (Wildman–Crippen LogP) is 5.23. The number of rotatable bonds is 4. The number of nitrogens with one attached hydrogen (secondary N) is 1. The number of nitrogens with zero attached hydrogens (tertiary/aromatic N) is 2. The minimum absolute atomic E-state index is 0.0592. The van der Waals surface area contributed by atoms with Crippen LogP contribution in [0.5, 0.6) is 0 Å². The number of anilines is 1. The second-order valence-corrected chi connectivity index (χ2v) is 6.85. The van der Waals surface area contributed by atoms with E-state index in [0.29, 0.717) is 16.3 Å². The van der Waals surface area contributed by atoms with Crippen molar-refractivity contribution in [3.63, 3.8) is 0 Å². The van der Waals surface area contributed by atoms with Crippen LogP contribution < -0.4 is 5.32 Å². The van der Waals surface area contributed by atoms with Gasteiger partial charge >= 0.3 is 0 Å². The summed E-state index contributed by atoms with van der Waals surface area (Å²) in [4.78, 5) is 33.7. The Hall–Kier alpha value is -2.47. The fourth-order valence-electron chi connectivity index (χ4n) is 2.40. The molecule has 0 radical (unpaired) electrons. The van der Waals surface area contributed by atoms with Crippen molar-refractivity contribution in [1.82, 2.24) is 9.97 Å². The lowest BCUT2D eigenvalue weighted by atomic mass is 10.1. The van der Waals surface area contributed by atoms with Gasteiger partial charge in [0.2, 0.25) is 5.78 Å². The molecule has 0 fully saturated rings. The van der Waals surface area contributed by atoms with E-state index in [4.69, 9.17) is 34.8 Å². The fraction of sp³-hybridized carbons (Fsp3) is 0.0526. The highest BCUT2D eigenvalue weighted by molar-refractivity contribution is 6.42. The van der Waals surface area contributed by atoms with Crippen molar-refractivity contribution < 1.29 is 9.59 Å². The molecule has 0 aliphatic heterocycles. The Morgan fingerprint density at radius 1 is 1.00 bits per heavy atom. The number of carbonyl (C=O) groups excluding carboxylic acids is 2. The first-order chi connectivity index (χ1) is 12.9. The molecular weight excluding hydrogens is 409 g/mol. The summed E-state index contributed by atoms with van der Waals surface area (Å²) in [5.74, 6) is -0.851. The van der Waals surface area contributed by atoms with Crippen LogP contribution in [0.25, 0.3) is 0 Å². The third-order valence-corrected chi connectivity index (χ3v) is 4.70. The average molecular weight is 421 g/mol. The van der Waals surface area contributed by atoms with E-state index < -0.39 is 5.91 Å². The largest absolute Gasteiger partial charge is 0.320 e. The fourth-order valence-corrected chi connectivity index (χ4v) is 2.86. The number of halogens is 3. The van der Waals surface area contributed by atoms with Gasteiger partial charge in [-0.15, -0.1) is 0 Å². The van der Waals surface area contributed by atoms with E-state index in [9.17, 15) is 9.59 Å². The minimum Gasteiger partial charge on any atom is -0.320 e. The molecule has 27 heavy (non-hydrogen) atoms. The maximum absolute atomic E-state index is 12.9. The van der Waals surface area contributed by atoms with Crippen LogP contribution in [0.4, 0.5) is 5.69 Å². The lowest BCUT2D eigenvalue weighted by Gasteiger charge is -2.11. The van der Waals surface area contributed by atoms with Crippen LogP contribution >= 0.6 is 34.8 Å². The Bertz CT molecular complexity index is 1050. The van der Waals surface area contributed by atoms with Crippen LogP contribution in [-0.4, -0.2) is 21.7 Å². The number of aryl methyl sites for hydroxylation is 1. The van der Waals surface area contributed by atoms with Gasteiger partial charge in [-0.25, -0.2) is 4.98 Å². The molecule has 5 nitrogen and oxygen atoms in total. The molecule has 2 aromatic heterocycles. The highest BCUT2D eigenvalue weighted by atomic mass is 35.5. The summed E-state index contributed by atoms with van der Waals surface area (Å²) in [6.07, 6.45) is 2.93. The molecule has 0 saturated heterocycles. The molecule has 0 spiro atoms.